The fourth-order valence-corrected chi connectivity index (χ4v) is 23.2. The molecule has 0 saturated carbocycles. The first-order chi connectivity index (χ1) is 40.2. The minimum atomic E-state index is -2.25. The number of nitrogens with zero attached hydrogens (tertiary/aromatic N) is 3. The molecule has 3 nitrogen and oxygen atoms in total. The van der Waals surface area contributed by atoms with E-state index in [0.29, 0.717) is 17.5 Å². The molecule has 13 rings (SSSR count). The number of aromatic nitrogens is 3. The van der Waals surface area contributed by atoms with Gasteiger partial charge in [0, 0.05) is 75.4 Å². The highest BCUT2D eigenvalue weighted by Crippen LogP contribution is 2.78. The van der Waals surface area contributed by atoms with Gasteiger partial charge in [-0.1, -0.05) is 206 Å². The predicted molar refractivity (Wildman–Crippen MR) is 336 cm³/mol. The summed E-state index contributed by atoms with van der Waals surface area (Å²) < 4.78 is 0. The molecule has 390 valence electrons. The summed E-state index contributed by atoms with van der Waals surface area (Å²) in [6.45, 7) is 0. The van der Waals surface area contributed by atoms with E-state index < -0.39 is 30.1 Å². The molecule has 6 heteroatoms. The lowest BCUT2D eigenvalue weighted by molar-refractivity contribution is 1.06. The zero-order valence-electron chi connectivity index (χ0n) is 44.5. The lowest BCUT2D eigenvalue weighted by Crippen LogP contribution is -2.10. The van der Waals surface area contributed by atoms with Crippen LogP contribution >= 0.6 is 30.1 Å². The molecule has 1 heterocycles. The van der Waals surface area contributed by atoms with Gasteiger partial charge in [0.25, 0.3) is 0 Å². The van der Waals surface area contributed by atoms with Crippen LogP contribution in [-0.4, -0.2) is 15.0 Å². The highest BCUT2D eigenvalue weighted by molar-refractivity contribution is 8.35. The Bertz CT molecular complexity index is 3750. The van der Waals surface area contributed by atoms with E-state index in [-0.39, 0.29) is 0 Å². The molecule has 0 aliphatic heterocycles. The molecule has 0 atom stereocenters. The van der Waals surface area contributed by atoms with Gasteiger partial charge in [0.2, 0.25) is 0 Å². The molecular formula is C75H57N3S3. The van der Waals surface area contributed by atoms with E-state index in [1.807, 2.05) is 6.07 Å². The molecule has 81 heavy (non-hydrogen) atoms. The van der Waals surface area contributed by atoms with Crippen LogP contribution in [0.1, 0.15) is 0 Å². The van der Waals surface area contributed by atoms with Crippen molar-refractivity contribution < 1.29 is 0 Å². The van der Waals surface area contributed by atoms with Crippen molar-refractivity contribution in [3.63, 3.8) is 0 Å². The van der Waals surface area contributed by atoms with Crippen molar-refractivity contribution in [3.8, 4) is 34.2 Å². The maximum Gasteiger partial charge on any atom is 0.164 e. The largest absolute Gasteiger partial charge is 0.208 e. The summed E-state index contributed by atoms with van der Waals surface area (Å²) in [5.41, 5.74) is 2.71. The molecular weight excluding hydrogens is 1040 g/mol. The minimum absolute atomic E-state index is 0.588. The van der Waals surface area contributed by atoms with Crippen molar-refractivity contribution in [2.45, 2.75) is 58.7 Å². The molecule has 0 saturated heterocycles. The van der Waals surface area contributed by atoms with E-state index >= 15 is 0 Å². The third-order valence-electron chi connectivity index (χ3n) is 14.8. The Hall–Kier alpha value is -9.30. The summed E-state index contributed by atoms with van der Waals surface area (Å²) in [4.78, 5) is 31.4. The SMILES string of the molecule is c1ccc(-c2nc(-c3cccc(S(c4ccccc4)(c4ccccc4)c4ccccc4)c3)nc(-c3cc(S(c4ccccc4)(c4ccccc4)c4ccccc4)cc(S(c4ccccc4)(c4ccccc4)c4ccccc4)c3)n2)cc1. The van der Waals surface area contributed by atoms with Gasteiger partial charge in [-0.05, 0) is 140 Å². The van der Waals surface area contributed by atoms with Crippen molar-refractivity contribution in [2.24, 2.45) is 0 Å². The van der Waals surface area contributed by atoms with Crippen LogP contribution in [0.5, 0.6) is 0 Å². The van der Waals surface area contributed by atoms with Gasteiger partial charge in [0.05, 0.1) is 0 Å². The highest BCUT2D eigenvalue weighted by Gasteiger charge is 2.39. The third kappa shape index (κ3) is 9.37. The second kappa shape index (κ2) is 22.8. The molecule has 0 fully saturated rings. The van der Waals surface area contributed by atoms with Crippen LogP contribution in [0, 0.1) is 0 Å². The van der Waals surface area contributed by atoms with Gasteiger partial charge in [-0.2, -0.15) is 0 Å². The van der Waals surface area contributed by atoms with Crippen LogP contribution in [0.3, 0.4) is 0 Å². The summed E-state index contributed by atoms with van der Waals surface area (Å²) in [7, 11) is -6.54. The van der Waals surface area contributed by atoms with Gasteiger partial charge < -0.3 is 0 Å². The molecule has 0 N–H and O–H groups in total. The lowest BCUT2D eigenvalue weighted by Gasteiger charge is -2.45. The average molecular weight is 1100 g/mol. The minimum Gasteiger partial charge on any atom is -0.208 e. The standard InChI is InChI=1S/C75H57N3S3/c1-11-32-58(33-12-1)73-76-74(59-34-31-53-70(54-59)79(61-35-13-2-14-36-61,62-37-15-3-16-38-62)63-39-17-4-18-40-63)78-75(77-73)60-55-71(80(64-41-19-5-20-42-64,65-43-21-6-22-44-65)66-45-23-7-24-46-66)57-72(56-60)81(67-47-25-8-26-48-67,68-49-27-9-28-50-68)69-51-29-10-30-52-69/h1-57H. The molecule has 13 aromatic rings. The highest BCUT2D eigenvalue weighted by atomic mass is 32.3. The summed E-state index contributed by atoms with van der Waals surface area (Å²) in [6, 6.07) is 126. The molecule has 0 radical (unpaired) electrons. The van der Waals surface area contributed by atoms with E-state index in [9.17, 15) is 0 Å². The van der Waals surface area contributed by atoms with Gasteiger partial charge in [-0.15, -0.1) is 30.1 Å². The van der Waals surface area contributed by atoms with Crippen molar-refractivity contribution >= 4 is 30.1 Å². The maximum atomic E-state index is 5.73. The van der Waals surface area contributed by atoms with E-state index in [1.54, 1.807) is 0 Å². The summed E-state index contributed by atoms with van der Waals surface area (Å²) in [6.07, 6.45) is 0. The van der Waals surface area contributed by atoms with E-state index in [2.05, 4.69) is 340 Å². The zero-order chi connectivity index (χ0) is 54.3. The first-order valence-corrected chi connectivity index (χ1v) is 32.1. The van der Waals surface area contributed by atoms with Crippen LogP contribution in [0.15, 0.2) is 405 Å². The Balaban J connectivity index is 1.15. The monoisotopic (exact) mass is 1100 g/mol. The normalized spacial score (nSPS) is 12.3. The Morgan fingerprint density at radius 1 is 0.148 bits per heavy atom. The second-order valence-corrected chi connectivity index (χ2v) is 28.9. The first kappa shape index (κ1) is 51.2. The summed E-state index contributed by atoms with van der Waals surface area (Å²) >= 11 is 0. The maximum absolute atomic E-state index is 5.73. The van der Waals surface area contributed by atoms with E-state index in [4.69, 9.17) is 15.0 Å². The average Bonchev–Trinajstić information content (AvgIpc) is 3.75. The smallest absolute Gasteiger partial charge is 0.164 e. The van der Waals surface area contributed by atoms with E-state index in [0.717, 1.165) is 16.7 Å². The Morgan fingerprint density at radius 2 is 0.346 bits per heavy atom. The number of hydrogen-bond donors (Lipinski definition) is 0. The van der Waals surface area contributed by atoms with E-state index in [1.165, 1.54) is 58.7 Å². The van der Waals surface area contributed by atoms with Crippen LogP contribution in [-0.2, 0) is 0 Å². The van der Waals surface area contributed by atoms with Crippen molar-refractivity contribution in [1.82, 2.24) is 15.0 Å². The topological polar surface area (TPSA) is 38.7 Å². The quantitative estimate of drug-likeness (QED) is 0.103. The fraction of sp³-hybridized carbons (Fsp3) is 0. The molecule has 0 spiro atoms. The molecule has 0 amide bonds. The number of hydrogen-bond acceptors (Lipinski definition) is 3. The molecule has 1 aromatic heterocycles. The van der Waals surface area contributed by atoms with Gasteiger partial charge in [-0.25, -0.2) is 15.0 Å². The Labute approximate surface area is 480 Å². The molecule has 0 bridgehead atoms. The van der Waals surface area contributed by atoms with Gasteiger partial charge >= 0.3 is 0 Å². The predicted octanol–water partition coefficient (Wildman–Crippen LogP) is 20.9. The lowest BCUT2D eigenvalue weighted by atomic mass is 10.1. The number of rotatable bonds is 15. The number of benzene rings is 12. The van der Waals surface area contributed by atoms with Gasteiger partial charge in [0.1, 0.15) is 0 Å². The van der Waals surface area contributed by atoms with Crippen molar-refractivity contribution in [2.75, 3.05) is 0 Å². The Kier molecular flexibility index (Phi) is 14.4. The molecule has 12 aromatic carbocycles. The molecule has 0 unspecified atom stereocenters. The van der Waals surface area contributed by atoms with Crippen LogP contribution in [0.2, 0.25) is 0 Å². The summed E-state index contributed by atoms with van der Waals surface area (Å²) in [5.74, 6) is 1.78. The molecule has 0 aliphatic rings. The fourth-order valence-electron chi connectivity index (χ4n) is 11.3. The van der Waals surface area contributed by atoms with Crippen molar-refractivity contribution in [1.29, 1.82) is 0 Å². The van der Waals surface area contributed by atoms with Crippen LogP contribution in [0.25, 0.3) is 34.2 Å². The van der Waals surface area contributed by atoms with Crippen LogP contribution < -0.4 is 0 Å². The first-order valence-electron chi connectivity index (χ1n) is 27.2. The summed E-state index contributed by atoms with van der Waals surface area (Å²) in [5, 5.41) is 0. The van der Waals surface area contributed by atoms with Crippen LogP contribution in [0.4, 0.5) is 0 Å². The van der Waals surface area contributed by atoms with Gasteiger partial charge in [0.15, 0.2) is 17.5 Å². The third-order valence-corrected chi connectivity index (χ3v) is 26.5. The molecule has 0 aliphatic carbocycles. The Morgan fingerprint density at radius 3 is 0.630 bits per heavy atom. The second-order valence-electron chi connectivity index (χ2n) is 19.5. The van der Waals surface area contributed by atoms with Crippen molar-refractivity contribution in [3.05, 3.63) is 346 Å². The van der Waals surface area contributed by atoms with Gasteiger partial charge in [-0.3, -0.25) is 0 Å². The zero-order valence-corrected chi connectivity index (χ0v) is 46.9.